The maximum atomic E-state index is 12.8. The highest BCUT2D eigenvalue weighted by atomic mass is 35.5. The first-order chi connectivity index (χ1) is 16.8. The number of amides is 1. The lowest BCUT2D eigenvalue weighted by Gasteiger charge is -2.13. The summed E-state index contributed by atoms with van der Waals surface area (Å²) < 4.78 is 10.8. The number of carbonyl (C=O) groups excluding carboxylic acids is 1. The molecule has 1 heterocycles. The van der Waals surface area contributed by atoms with Crippen molar-refractivity contribution in [2.45, 2.75) is 13.8 Å². The van der Waals surface area contributed by atoms with Gasteiger partial charge in [-0.15, -0.1) is 12.4 Å². The van der Waals surface area contributed by atoms with E-state index < -0.39 is 0 Å². The number of aryl methyl sites for hydroxylation is 2. The highest BCUT2D eigenvalue weighted by Gasteiger charge is 2.12. The van der Waals surface area contributed by atoms with E-state index in [0.29, 0.717) is 40.3 Å². The first-order valence-electron chi connectivity index (χ1n) is 11.2. The molecule has 9 heteroatoms. The van der Waals surface area contributed by atoms with Crippen molar-refractivity contribution >= 4 is 35.6 Å². The molecule has 0 saturated carbocycles. The molecule has 0 radical (unpaired) electrons. The standard InChI is InChI=1S/C27H27ClN4O3.ClH/c1-17-15-21(26-29-18(2)35-31-26)9-11-23(17)19-5-7-20(8-6-19)27(33)30-22-10-12-24(28)25(16-22)34-14-13-32(3)4;/h5-12,15-16H,13-14H2,1-4H3,(H,30,33);1H. The normalized spacial score (nSPS) is 10.7. The van der Waals surface area contributed by atoms with Gasteiger partial charge in [-0.2, -0.15) is 4.98 Å². The molecule has 0 bridgehead atoms. The van der Waals surface area contributed by atoms with Crippen LogP contribution in [0.3, 0.4) is 0 Å². The number of likely N-dealkylation sites (N-methyl/N-ethyl adjacent to an activating group) is 1. The van der Waals surface area contributed by atoms with Crippen molar-refractivity contribution in [3.63, 3.8) is 0 Å². The summed E-state index contributed by atoms with van der Waals surface area (Å²) in [6.07, 6.45) is 0. The van der Waals surface area contributed by atoms with Crippen molar-refractivity contribution in [2.24, 2.45) is 0 Å². The third-order valence-corrected chi connectivity index (χ3v) is 5.77. The summed E-state index contributed by atoms with van der Waals surface area (Å²) in [6.45, 7) is 5.06. The minimum atomic E-state index is -0.210. The topological polar surface area (TPSA) is 80.5 Å². The molecule has 4 rings (SSSR count). The molecular formula is C27H28Cl2N4O3. The van der Waals surface area contributed by atoms with Crippen LogP contribution in [0.15, 0.2) is 65.2 Å². The Bertz CT molecular complexity index is 1340. The highest BCUT2D eigenvalue weighted by Crippen LogP contribution is 2.29. The lowest BCUT2D eigenvalue weighted by Crippen LogP contribution is -2.19. The summed E-state index contributed by atoms with van der Waals surface area (Å²) in [6, 6.07) is 18.7. The number of halogens is 2. The van der Waals surface area contributed by atoms with Crippen LogP contribution in [0.5, 0.6) is 5.75 Å². The molecule has 1 aromatic heterocycles. The van der Waals surface area contributed by atoms with Gasteiger partial charge >= 0.3 is 0 Å². The highest BCUT2D eigenvalue weighted by molar-refractivity contribution is 6.32. The van der Waals surface area contributed by atoms with Crippen molar-refractivity contribution in [2.75, 3.05) is 32.6 Å². The summed E-state index contributed by atoms with van der Waals surface area (Å²) >= 11 is 6.24. The third kappa shape index (κ3) is 6.63. The summed E-state index contributed by atoms with van der Waals surface area (Å²) in [5.74, 6) is 1.43. The summed E-state index contributed by atoms with van der Waals surface area (Å²) in [4.78, 5) is 19.1. The van der Waals surface area contributed by atoms with Crippen LogP contribution in [0.1, 0.15) is 21.8 Å². The zero-order chi connectivity index (χ0) is 24.9. The van der Waals surface area contributed by atoms with Crippen LogP contribution in [-0.4, -0.2) is 48.2 Å². The number of nitrogens with one attached hydrogen (secondary N) is 1. The summed E-state index contributed by atoms with van der Waals surface area (Å²) in [5.41, 5.74) is 5.22. The number of carbonyl (C=O) groups is 1. The van der Waals surface area contributed by atoms with E-state index in [0.717, 1.165) is 28.8 Å². The Morgan fingerprint density at radius 1 is 1.03 bits per heavy atom. The molecule has 0 aliphatic carbocycles. The van der Waals surface area contributed by atoms with E-state index in [2.05, 4.69) is 15.5 Å². The number of anilines is 1. The molecule has 188 valence electrons. The van der Waals surface area contributed by atoms with Crippen molar-refractivity contribution in [1.82, 2.24) is 15.0 Å². The maximum Gasteiger partial charge on any atom is 0.255 e. The molecule has 0 atom stereocenters. The van der Waals surface area contributed by atoms with Crippen LogP contribution in [0.25, 0.3) is 22.5 Å². The van der Waals surface area contributed by atoms with E-state index in [-0.39, 0.29) is 18.3 Å². The molecule has 36 heavy (non-hydrogen) atoms. The van der Waals surface area contributed by atoms with E-state index in [9.17, 15) is 4.79 Å². The fraction of sp³-hybridized carbons (Fsp3) is 0.222. The Labute approximate surface area is 221 Å². The van der Waals surface area contributed by atoms with Gasteiger partial charge in [-0.3, -0.25) is 4.79 Å². The maximum absolute atomic E-state index is 12.8. The van der Waals surface area contributed by atoms with Gasteiger partial charge in [0, 0.05) is 36.3 Å². The average molecular weight is 527 g/mol. The van der Waals surface area contributed by atoms with Gasteiger partial charge in [0.1, 0.15) is 12.4 Å². The number of hydrogen-bond donors (Lipinski definition) is 1. The molecule has 0 saturated heterocycles. The first-order valence-corrected chi connectivity index (χ1v) is 11.6. The summed E-state index contributed by atoms with van der Waals surface area (Å²) in [5, 5.41) is 7.39. The lowest BCUT2D eigenvalue weighted by molar-refractivity contribution is 0.102. The molecule has 0 aliphatic heterocycles. The third-order valence-electron chi connectivity index (χ3n) is 5.46. The molecule has 7 nitrogen and oxygen atoms in total. The molecule has 1 amide bonds. The van der Waals surface area contributed by atoms with Crippen LogP contribution in [0.4, 0.5) is 5.69 Å². The predicted octanol–water partition coefficient (Wildman–Crippen LogP) is 6.29. The Morgan fingerprint density at radius 3 is 2.39 bits per heavy atom. The van der Waals surface area contributed by atoms with E-state index in [1.54, 1.807) is 25.1 Å². The fourth-order valence-corrected chi connectivity index (χ4v) is 3.75. The van der Waals surface area contributed by atoms with Crippen LogP contribution in [0, 0.1) is 13.8 Å². The molecule has 0 fully saturated rings. The second-order valence-electron chi connectivity index (χ2n) is 8.50. The monoisotopic (exact) mass is 526 g/mol. The van der Waals surface area contributed by atoms with Gasteiger partial charge in [-0.05, 0) is 68.0 Å². The van der Waals surface area contributed by atoms with Gasteiger partial charge < -0.3 is 19.5 Å². The van der Waals surface area contributed by atoms with Crippen LogP contribution in [0.2, 0.25) is 5.02 Å². The van der Waals surface area contributed by atoms with Crippen molar-refractivity contribution in [1.29, 1.82) is 0 Å². The summed E-state index contributed by atoms with van der Waals surface area (Å²) in [7, 11) is 3.94. The molecule has 0 spiro atoms. The van der Waals surface area contributed by atoms with Crippen molar-refractivity contribution in [3.05, 3.63) is 82.7 Å². The predicted molar refractivity (Wildman–Crippen MR) is 145 cm³/mol. The minimum Gasteiger partial charge on any atom is -0.491 e. The lowest BCUT2D eigenvalue weighted by atomic mass is 9.97. The number of hydrogen-bond acceptors (Lipinski definition) is 6. The number of benzene rings is 3. The van der Waals surface area contributed by atoms with Crippen LogP contribution < -0.4 is 10.1 Å². The van der Waals surface area contributed by atoms with Crippen LogP contribution in [-0.2, 0) is 0 Å². The Kier molecular flexibility index (Phi) is 9.09. The Balaban J connectivity index is 0.00000361. The molecular weight excluding hydrogens is 499 g/mol. The zero-order valence-corrected chi connectivity index (χ0v) is 22.1. The number of aromatic nitrogens is 2. The van der Waals surface area contributed by atoms with Crippen molar-refractivity contribution < 1.29 is 14.1 Å². The van der Waals surface area contributed by atoms with Gasteiger partial charge in [0.25, 0.3) is 5.91 Å². The van der Waals surface area contributed by atoms with E-state index in [1.165, 1.54) is 0 Å². The Morgan fingerprint density at radius 2 is 1.75 bits per heavy atom. The minimum absolute atomic E-state index is 0. The Hall–Kier alpha value is -3.39. The van der Waals surface area contributed by atoms with Gasteiger partial charge in [0.15, 0.2) is 0 Å². The van der Waals surface area contributed by atoms with Crippen molar-refractivity contribution in [3.8, 4) is 28.3 Å². The number of rotatable bonds is 8. The molecule has 1 N–H and O–H groups in total. The van der Waals surface area contributed by atoms with E-state index >= 15 is 0 Å². The molecule has 0 unspecified atom stereocenters. The van der Waals surface area contributed by atoms with Gasteiger partial charge in [0.2, 0.25) is 11.7 Å². The second-order valence-corrected chi connectivity index (χ2v) is 8.90. The first kappa shape index (κ1) is 27.2. The van der Waals surface area contributed by atoms with E-state index in [4.69, 9.17) is 20.9 Å². The van der Waals surface area contributed by atoms with Gasteiger partial charge in [-0.25, -0.2) is 0 Å². The number of ether oxygens (including phenoxy) is 1. The zero-order valence-electron chi connectivity index (χ0n) is 20.5. The molecule has 4 aromatic rings. The van der Waals surface area contributed by atoms with E-state index in [1.807, 2.05) is 68.4 Å². The smallest absolute Gasteiger partial charge is 0.255 e. The molecule has 3 aromatic carbocycles. The SMILES string of the molecule is Cc1nc(-c2ccc(-c3ccc(C(=O)Nc4ccc(Cl)c(OCCN(C)C)c4)cc3)c(C)c2)no1.Cl. The average Bonchev–Trinajstić information content (AvgIpc) is 3.27. The second kappa shape index (κ2) is 12.0. The quantitative estimate of drug-likeness (QED) is 0.290. The fourth-order valence-electron chi connectivity index (χ4n) is 3.58. The van der Waals surface area contributed by atoms with Crippen LogP contribution >= 0.6 is 24.0 Å². The molecule has 0 aliphatic rings. The van der Waals surface area contributed by atoms with Gasteiger partial charge in [-0.1, -0.05) is 41.0 Å². The largest absolute Gasteiger partial charge is 0.491 e. The number of nitrogens with zero attached hydrogens (tertiary/aromatic N) is 3. The van der Waals surface area contributed by atoms with Gasteiger partial charge in [0.05, 0.1) is 5.02 Å².